The number of rotatable bonds is 2. The van der Waals surface area contributed by atoms with Crippen molar-refractivity contribution in [3.8, 4) is 0 Å². The summed E-state index contributed by atoms with van der Waals surface area (Å²) in [6.45, 7) is 8.27. The van der Waals surface area contributed by atoms with Crippen LogP contribution in [0.1, 0.15) is 27.7 Å². The highest BCUT2D eigenvalue weighted by atomic mass is 16.6. The summed E-state index contributed by atoms with van der Waals surface area (Å²) in [5.41, 5.74) is 0.0540. The first-order chi connectivity index (χ1) is 4.52. The second-order valence-corrected chi connectivity index (χ2v) is 3.53. The molecule has 1 saturated heterocycles. The molecule has 2 heteroatoms. The lowest BCUT2D eigenvalue weighted by atomic mass is 10.1. The molecular formula is C8H15NO. The van der Waals surface area contributed by atoms with Crippen molar-refractivity contribution >= 4 is 6.21 Å². The van der Waals surface area contributed by atoms with Gasteiger partial charge in [-0.25, -0.2) is 0 Å². The van der Waals surface area contributed by atoms with Crippen LogP contribution in [0.4, 0.5) is 0 Å². The lowest BCUT2D eigenvalue weighted by Crippen LogP contribution is -2.04. The van der Waals surface area contributed by atoms with Crippen molar-refractivity contribution < 1.29 is 4.74 Å². The third-order valence-corrected chi connectivity index (χ3v) is 1.58. The van der Waals surface area contributed by atoms with Crippen LogP contribution in [0.5, 0.6) is 0 Å². The number of epoxide rings is 1. The topological polar surface area (TPSA) is 24.9 Å². The van der Waals surface area contributed by atoms with Gasteiger partial charge >= 0.3 is 0 Å². The lowest BCUT2D eigenvalue weighted by Gasteiger charge is -1.92. The van der Waals surface area contributed by atoms with Crippen molar-refractivity contribution in [1.82, 2.24) is 0 Å². The van der Waals surface area contributed by atoms with Gasteiger partial charge in [-0.05, 0) is 27.7 Å². The highest BCUT2D eigenvalue weighted by Gasteiger charge is 2.46. The predicted octanol–water partition coefficient (Wildman–Crippen LogP) is 1.64. The Hall–Kier alpha value is -0.370. The molecule has 1 heterocycles. The molecule has 1 atom stereocenters. The Kier molecular flexibility index (Phi) is 1.82. The molecular weight excluding hydrogens is 126 g/mol. The number of hydrogen-bond acceptors (Lipinski definition) is 2. The molecule has 0 aromatic carbocycles. The van der Waals surface area contributed by atoms with E-state index in [9.17, 15) is 0 Å². The zero-order valence-electron chi connectivity index (χ0n) is 7.09. The van der Waals surface area contributed by atoms with Crippen LogP contribution < -0.4 is 0 Å². The Labute approximate surface area is 62.3 Å². The second-order valence-electron chi connectivity index (χ2n) is 3.53. The smallest absolute Gasteiger partial charge is 0.121 e. The van der Waals surface area contributed by atoms with Crippen LogP contribution in [0.25, 0.3) is 0 Å². The van der Waals surface area contributed by atoms with Crippen LogP contribution in [0.3, 0.4) is 0 Å². The van der Waals surface area contributed by atoms with Crippen molar-refractivity contribution in [1.29, 1.82) is 0 Å². The van der Waals surface area contributed by atoms with E-state index in [0.29, 0.717) is 6.04 Å². The third-order valence-electron chi connectivity index (χ3n) is 1.58. The molecule has 10 heavy (non-hydrogen) atoms. The highest BCUT2D eigenvalue weighted by molar-refractivity contribution is 5.68. The van der Waals surface area contributed by atoms with E-state index in [4.69, 9.17) is 4.74 Å². The summed E-state index contributed by atoms with van der Waals surface area (Å²) >= 11 is 0. The zero-order valence-corrected chi connectivity index (χ0v) is 7.09. The van der Waals surface area contributed by atoms with Gasteiger partial charge in [-0.15, -0.1) is 0 Å². The van der Waals surface area contributed by atoms with Gasteiger partial charge in [0.2, 0.25) is 0 Å². The molecule has 0 aromatic rings. The Morgan fingerprint density at radius 3 is 2.30 bits per heavy atom. The average Bonchev–Trinajstić information content (AvgIpc) is 2.35. The fourth-order valence-corrected chi connectivity index (χ4v) is 0.753. The summed E-state index contributed by atoms with van der Waals surface area (Å²) in [6, 6.07) is 0.389. The summed E-state index contributed by atoms with van der Waals surface area (Å²) in [7, 11) is 0. The van der Waals surface area contributed by atoms with Gasteiger partial charge in [-0.1, -0.05) is 0 Å². The Bertz CT molecular complexity index is 149. The summed E-state index contributed by atoms with van der Waals surface area (Å²) in [6.07, 6.45) is 2.17. The molecule has 0 unspecified atom stereocenters. The Morgan fingerprint density at radius 2 is 2.00 bits per heavy atom. The molecule has 0 amide bonds. The molecule has 1 aliphatic heterocycles. The van der Waals surface area contributed by atoms with Gasteiger partial charge in [0.15, 0.2) is 0 Å². The molecule has 0 spiro atoms. The molecule has 0 bridgehead atoms. The van der Waals surface area contributed by atoms with Crippen LogP contribution in [0, 0.1) is 0 Å². The first-order valence-corrected chi connectivity index (χ1v) is 3.73. The van der Waals surface area contributed by atoms with E-state index in [1.807, 2.05) is 6.21 Å². The summed E-state index contributed by atoms with van der Waals surface area (Å²) in [5, 5.41) is 0. The zero-order chi connectivity index (χ0) is 7.78. The quantitative estimate of drug-likeness (QED) is 0.424. The van der Waals surface area contributed by atoms with E-state index in [1.54, 1.807) is 0 Å². The van der Waals surface area contributed by atoms with Crippen molar-refractivity contribution in [3.63, 3.8) is 0 Å². The van der Waals surface area contributed by atoms with E-state index in [2.05, 4.69) is 32.7 Å². The highest BCUT2D eigenvalue weighted by Crippen LogP contribution is 2.33. The molecule has 0 aliphatic carbocycles. The van der Waals surface area contributed by atoms with E-state index in [1.165, 1.54) is 0 Å². The second kappa shape index (κ2) is 2.35. The maximum Gasteiger partial charge on any atom is 0.121 e. The SMILES string of the molecule is CC(C)N=C[C@H]1OC1(C)C. The van der Waals surface area contributed by atoms with Crippen LogP contribution in [0.2, 0.25) is 0 Å². The number of ether oxygens (including phenoxy) is 1. The molecule has 0 saturated carbocycles. The third kappa shape index (κ3) is 1.81. The molecule has 0 aromatic heterocycles. The predicted molar refractivity (Wildman–Crippen MR) is 42.6 cm³/mol. The van der Waals surface area contributed by atoms with Crippen molar-refractivity contribution in [2.45, 2.75) is 45.4 Å². The average molecular weight is 141 g/mol. The van der Waals surface area contributed by atoms with E-state index in [0.717, 1.165) is 0 Å². The van der Waals surface area contributed by atoms with Gasteiger partial charge in [0.05, 0.1) is 5.60 Å². The monoisotopic (exact) mass is 141 g/mol. The summed E-state index contributed by atoms with van der Waals surface area (Å²) in [5.74, 6) is 0. The van der Waals surface area contributed by atoms with Gasteiger partial charge in [-0.3, -0.25) is 4.99 Å². The van der Waals surface area contributed by atoms with Crippen LogP contribution >= 0.6 is 0 Å². The standard InChI is InChI=1S/C8H15NO/c1-6(2)9-5-7-8(3,4)10-7/h5-7H,1-4H3/t7-/m1/s1. The van der Waals surface area contributed by atoms with E-state index >= 15 is 0 Å². The van der Waals surface area contributed by atoms with Crippen LogP contribution in [0.15, 0.2) is 4.99 Å². The molecule has 2 nitrogen and oxygen atoms in total. The van der Waals surface area contributed by atoms with Gasteiger partial charge in [-0.2, -0.15) is 0 Å². The summed E-state index contributed by atoms with van der Waals surface area (Å²) in [4.78, 5) is 4.23. The number of nitrogens with zero attached hydrogens (tertiary/aromatic N) is 1. The number of aliphatic imine (C=N–C) groups is 1. The minimum Gasteiger partial charge on any atom is -0.361 e. The molecule has 0 N–H and O–H groups in total. The normalized spacial score (nSPS) is 29.9. The largest absolute Gasteiger partial charge is 0.361 e. The minimum atomic E-state index is 0.0540. The van der Waals surface area contributed by atoms with Crippen LogP contribution in [-0.2, 0) is 4.74 Å². The van der Waals surface area contributed by atoms with Gasteiger partial charge in [0, 0.05) is 12.3 Å². The molecule has 1 rings (SSSR count). The first kappa shape index (κ1) is 7.73. The fraction of sp³-hybridized carbons (Fsp3) is 0.875. The summed E-state index contributed by atoms with van der Waals surface area (Å²) < 4.78 is 5.31. The van der Waals surface area contributed by atoms with Crippen molar-refractivity contribution in [3.05, 3.63) is 0 Å². The fourth-order valence-electron chi connectivity index (χ4n) is 0.753. The Balaban J connectivity index is 2.30. The lowest BCUT2D eigenvalue weighted by molar-refractivity contribution is 0.337. The number of hydrogen-bond donors (Lipinski definition) is 0. The maximum atomic E-state index is 5.31. The molecule has 58 valence electrons. The maximum absolute atomic E-state index is 5.31. The minimum absolute atomic E-state index is 0.0540. The van der Waals surface area contributed by atoms with Gasteiger partial charge < -0.3 is 4.74 Å². The molecule has 1 aliphatic rings. The first-order valence-electron chi connectivity index (χ1n) is 3.73. The Morgan fingerprint density at radius 1 is 1.50 bits per heavy atom. The van der Waals surface area contributed by atoms with Gasteiger partial charge in [0.1, 0.15) is 6.10 Å². The molecule has 1 fully saturated rings. The van der Waals surface area contributed by atoms with Crippen LogP contribution in [-0.4, -0.2) is 24.0 Å². The van der Waals surface area contributed by atoms with Gasteiger partial charge in [0.25, 0.3) is 0 Å². The molecule has 0 radical (unpaired) electrons. The van der Waals surface area contributed by atoms with Crippen molar-refractivity contribution in [2.75, 3.05) is 0 Å². The van der Waals surface area contributed by atoms with Crippen molar-refractivity contribution in [2.24, 2.45) is 4.99 Å². The van der Waals surface area contributed by atoms with E-state index < -0.39 is 0 Å². The van der Waals surface area contributed by atoms with E-state index in [-0.39, 0.29) is 11.7 Å².